The summed E-state index contributed by atoms with van der Waals surface area (Å²) in [5.74, 6) is -0.420. The van der Waals surface area contributed by atoms with Gasteiger partial charge in [0, 0.05) is 25.7 Å². The van der Waals surface area contributed by atoms with Gasteiger partial charge in [-0.05, 0) is 35.4 Å². The van der Waals surface area contributed by atoms with E-state index >= 15 is 0 Å². The van der Waals surface area contributed by atoms with Gasteiger partial charge in [-0.2, -0.15) is 0 Å². The van der Waals surface area contributed by atoms with Crippen molar-refractivity contribution in [1.82, 2.24) is 5.32 Å². The fraction of sp³-hybridized carbons (Fsp3) is 0.235. The maximum Gasteiger partial charge on any atom is 0.221 e. The maximum absolute atomic E-state index is 12.8. The van der Waals surface area contributed by atoms with Gasteiger partial charge in [0.1, 0.15) is 5.82 Å². The summed E-state index contributed by atoms with van der Waals surface area (Å²) in [5.41, 5.74) is 2.47. The first-order valence-corrected chi connectivity index (χ1v) is 7.05. The molecule has 0 bridgehead atoms. The molecule has 0 saturated heterocycles. The summed E-state index contributed by atoms with van der Waals surface area (Å²) in [6.45, 7) is 2.43. The highest BCUT2D eigenvalue weighted by molar-refractivity contribution is 5.88. The lowest BCUT2D eigenvalue weighted by Gasteiger charge is -2.12. The molecule has 3 N–H and O–H groups in total. The second-order valence-electron chi connectivity index (χ2n) is 5.08. The number of carbonyl (C=O) groups is 1. The fourth-order valence-electron chi connectivity index (χ4n) is 2.07. The van der Waals surface area contributed by atoms with Crippen LogP contribution in [0.3, 0.4) is 0 Å². The molecule has 22 heavy (non-hydrogen) atoms. The fourth-order valence-corrected chi connectivity index (χ4v) is 2.07. The molecule has 0 heterocycles. The molecular weight excluding hydrogens is 283 g/mol. The molecule has 2 aromatic carbocycles. The van der Waals surface area contributed by atoms with Gasteiger partial charge in [-0.15, -0.1) is 0 Å². The first-order valence-electron chi connectivity index (χ1n) is 7.05. The highest BCUT2D eigenvalue weighted by Gasteiger charge is 2.07. The topological polar surface area (TPSA) is 61.4 Å². The molecule has 0 fully saturated rings. The predicted octanol–water partition coefficient (Wildman–Crippen LogP) is 2.61. The van der Waals surface area contributed by atoms with Gasteiger partial charge in [-0.25, -0.2) is 4.39 Å². The van der Waals surface area contributed by atoms with Crippen molar-refractivity contribution >= 4 is 11.6 Å². The molecule has 0 spiro atoms. The summed E-state index contributed by atoms with van der Waals surface area (Å²) < 4.78 is 12.8. The van der Waals surface area contributed by atoms with Crippen molar-refractivity contribution in [3.63, 3.8) is 0 Å². The molecule has 0 saturated carbocycles. The molecule has 0 aliphatic heterocycles. The molecule has 2 rings (SSSR count). The van der Waals surface area contributed by atoms with Gasteiger partial charge < -0.3 is 15.7 Å². The van der Waals surface area contributed by atoms with E-state index in [4.69, 9.17) is 0 Å². The lowest BCUT2D eigenvalue weighted by Crippen LogP contribution is -2.21. The van der Waals surface area contributed by atoms with Crippen molar-refractivity contribution in [3.05, 3.63) is 65.5 Å². The van der Waals surface area contributed by atoms with Crippen LogP contribution in [0.2, 0.25) is 0 Å². The van der Waals surface area contributed by atoms with E-state index in [1.54, 1.807) is 12.1 Å². The molecule has 0 aliphatic carbocycles. The number of benzene rings is 2. The van der Waals surface area contributed by atoms with Gasteiger partial charge in [0.15, 0.2) is 0 Å². The van der Waals surface area contributed by atoms with Crippen molar-refractivity contribution < 1.29 is 14.3 Å². The quantitative estimate of drug-likeness (QED) is 0.768. The molecule has 1 amide bonds. The zero-order chi connectivity index (χ0) is 15.9. The first-order chi connectivity index (χ1) is 10.5. The van der Waals surface area contributed by atoms with Gasteiger partial charge in [-0.3, -0.25) is 4.79 Å². The van der Waals surface area contributed by atoms with Crippen LogP contribution in [0.5, 0.6) is 0 Å². The van der Waals surface area contributed by atoms with Crippen LogP contribution in [-0.2, 0) is 11.3 Å². The van der Waals surface area contributed by atoms with E-state index < -0.39 is 6.10 Å². The molecule has 4 nitrogen and oxygen atoms in total. The number of aliphatic hydroxyl groups is 1. The summed E-state index contributed by atoms with van der Waals surface area (Å²) in [6.07, 6.45) is -0.681. The normalized spacial score (nSPS) is 12.0. The summed E-state index contributed by atoms with van der Waals surface area (Å²) in [6, 6.07) is 13.3. The molecule has 1 unspecified atom stereocenters. The number of nitrogens with one attached hydrogen (secondary N) is 2. The molecule has 0 aliphatic rings. The second kappa shape index (κ2) is 7.68. The number of hydrogen-bond acceptors (Lipinski definition) is 3. The van der Waals surface area contributed by atoms with E-state index in [0.717, 1.165) is 11.3 Å². The van der Waals surface area contributed by atoms with Crippen LogP contribution < -0.4 is 10.6 Å². The van der Waals surface area contributed by atoms with Crippen LogP contribution in [0.15, 0.2) is 48.5 Å². The Balaban J connectivity index is 1.80. The van der Waals surface area contributed by atoms with Crippen LogP contribution in [0.4, 0.5) is 10.1 Å². The highest BCUT2D eigenvalue weighted by atomic mass is 19.1. The Bertz CT molecular complexity index is 612. The molecule has 0 aromatic heterocycles. The van der Waals surface area contributed by atoms with E-state index in [-0.39, 0.29) is 11.7 Å². The van der Waals surface area contributed by atoms with Crippen molar-refractivity contribution in [2.45, 2.75) is 19.6 Å². The van der Waals surface area contributed by atoms with Gasteiger partial charge in [0.25, 0.3) is 0 Å². The van der Waals surface area contributed by atoms with Crippen molar-refractivity contribution in [2.24, 2.45) is 0 Å². The van der Waals surface area contributed by atoms with Gasteiger partial charge in [0.05, 0.1) is 6.10 Å². The summed E-state index contributed by atoms with van der Waals surface area (Å²) >= 11 is 0. The SMILES string of the molecule is CC(=O)Nc1ccc(CNCC(O)c2ccc(F)cc2)cc1. The lowest BCUT2D eigenvalue weighted by molar-refractivity contribution is -0.114. The maximum atomic E-state index is 12.8. The average molecular weight is 302 g/mol. The van der Waals surface area contributed by atoms with Crippen molar-refractivity contribution in [3.8, 4) is 0 Å². The minimum absolute atomic E-state index is 0.103. The Morgan fingerprint density at radius 3 is 2.36 bits per heavy atom. The highest BCUT2D eigenvalue weighted by Crippen LogP contribution is 2.13. The van der Waals surface area contributed by atoms with Gasteiger partial charge in [-0.1, -0.05) is 24.3 Å². The average Bonchev–Trinajstić information content (AvgIpc) is 2.49. The summed E-state index contributed by atoms with van der Waals surface area (Å²) in [7, 11) is 0. The standard InChI is InChI=1S/C17H19FN2O2/c1-12(21)20-16-8-2-13(3-9-16)10-19-11-17(22)14-4-6-15(18)7-5-14/h2-9,17,19,22H,10-11H2,1H3,(H,20,21). The third-order valence-electron chi connectivity index (χ3n) is 3.20. The van der Waals surface area contributed by atoms with E-state index in [9.17, 15) is 14.3 Å². The number of aliphatic hydroxyl groups excluding tert-OH is 1. The zero-order valence-corrected chi connectivity index (χ0v) is 12.3. The molecule has 2 aromatic rings. The predicted molar refractivity (Wildman–Crippen MR) is 83.8 cm³/mol. The molecular formula is C17H19FN2O2. The molecule has 116 valence electrons. The third kappa shape index (κ3) is 4.95. The first kappa shape index (κ1) is 16.1. The number of halogens is 1. The number of anilines is 1. The Hall–Kier alpha value is -2.24. The van der Waals surface area contributed by atoms with Crippen LogP contribution >= 0.6 is 0 Å². The minimum atomic E-state index is -0.681. The summed E-state index contributed by atoms with van der Waals surface area (Å²) in [4.78, 5) is 10.9. The number of amides is 1. The molecule has 1 atom stereocenters. The Kier molecular flexibility index (Phi) is 5.63. The van der Waals surface area contributed by atoms with Crippen LogP contribution in [0.1, 0.15) is 24.2 Å². The number of hydrogen-bond donors (Lipinski definition) is 3. The monoisotopic (exact) mass is 302 g/mol. The Labute approximate surface area is 129 Å². The van der Waals surface area contributed by atoms with Gasteiger partial charge in [0.2, 0.25) is 5.91 Å². The van der Waals surface area contributed by atoms with E-state index in [1.165, 1.54) is 19.1 Å². The summed E-state index contributed by atoms with van der Waals surface area (Å²) in [5, 5.41) is 15.8. The molecule has 0 radical (unpaired) electrons. The lowest BCUT2D eigenvalue weighted by atomic mass is 10.1. The van der Waals surface area contributed by atoms with Gasteiger partial charge >= 0.3 is 0 Å². The smallest absolute Gasteiger partial charge is 0.221 e. The third-order valence-corrected chi connectivity index (χ3v) is 3.20. The molecule has 5 heteroatoms. The second-order valence-corrected chi connectivity index (χ2v) is 5.08. The van der Waals surface area contributed by atoms with E-state index in [1.807, 2.05) is 24.3 Å². The van der Waals surface area contributed by atoms with E-state index in [2.05, 4.69) is 10.6 Å². The van der Waals surface area contributed by atoms with Crippen LogP contribution in [0, 0.1) is 5.82 Å². The van der Waals surface area contributed by atoms with Crippen LogP contribution in [-0.4, -0.2) is 17.6 Å². The van der Waals surface area contributed by atoms with E-state index in [0.29, 0.717) is 18.7 Å². The Morgan fingerprint density at radius 2 is 1.77 bits per heavy atom. The number of rotatable bonds is 6. The van der Waals surface area contributed by atoms with Crippen LogP contribution in [0.25, 0.3) is 0 Å². The largest absolute Gasteiger partial charge is 0.387 e. The Morgan fingerprint density at radius 1 is 1.14 bits per heavy atom. The minimum Gasteiger partial charge on any atom is -0.387 e. The van der Waals surface area contributed by atoms with Crippen molar-refractivity contribution in [1.29, 1.82) is 0 Å². The number of carbonyl (C=O) groups excluding carboxylic acids is 1. The van der Waals surface area contributed by atoms with Crippen molar-refractivity contribution in [2.75, 3.05) is 11.9 Å². The zero-order valence-electron chi connectivity index (χ0n) is 12.3.